The Morgan fingerprint density at radius 2 is 1.24 bits per heavy atom. The van der Waals surface area contributed by atoms with Gasteiger partial charge < -0.3 is 0 Å². The Morgan fingerprint density at radius 3 is 1.81 bits per heavy atom. The molecule has 0 bridgehead atoms. The van der Waals surface area contributed by atoms with Crippen molar-refractivity contribution in [2.75, 3.05) is 0 Å². The van der Waals surface area contributed by atoms with E-state index in [1.165, 1.54) is 0 Å². The van der Waals surface area contributed by atoms with Crippen LogP contribution in [-0.4, -0.2) is 9.97 Å². The van der Waals surface area contributed by atoms with Crippen LogP contribution in [0.5, 0.6) is 0 Å². The van der Waals surface area contributed by atoms with Crippen LogP contribution in [-0.2, 0) is 17.3 Å². The van der Waals surface area contributed by atoms with Crippen LogP contribution in [0.1, 0.15) is 83.4 Å². The number of fused-ring (bicyclic) bond motifs is 3. The largest absolute Gasteiger partial charge is 0.254 e. The molecule has 37 heavy (non-hydrogen) atoms. The Hall–Kier alpha value is -3.02. The van der Waals surface area contributed by atoms with Crippen LogP contribution >= 0.6 is 0 Å². The number of rotatable bonds is 9. The average molecular weight is 511 g/mol. The summed E-state index contributed by atoms with van der Waals surface area (Å²) in [6.45, 7) is 8.91. The Kier molecular flexibility index (Phi) is 7.59. The van der Waals surface area contributed by atoms with Crippen molar-refractivity contribution in [1.29, 1.82) is 0 Å². The van der Waals surface area contributed by atoms with E-state index in [0.717, 1.165) is 27.4 Å². The average Bonchev–Trinajstić information content (AvgIpc) is 2.87. The first-order valence-corrected chi connectivity index (χ1v) is 13.1. The minimum Gasteiger partial charge on any atom is -0.254 e. The summed E-state index contributed by atoms with van der Waals surface area (Å²) in [7, 11) is 0. The highest BCUT2D eigenvalue weighted by molar-refractivity contribution is 6.02. The second-order valence-corrected chi connectivity index (χ2v) is 10.7. The van der Waals surface area contributed by atoms with Gasteiger partial charge in [-0.2, -0.15) is 0 Å². The highest BCUT2D eigenvalue weighted by atomic mass is 19.2. The van der Waals surface area contributed by atoms with E-state index in [2.05, 4.69) is 9.97 Å². The lowest BCUT2D eigenvalue weighted by molar-refractivity contribution is 0.316. The summed E-state index contributed by atoms with van der Waals surface area (Å²) in [6, 6.07) is 9.59. The molecule has 0 aliphatic rings. The van der Waals surface area contributed by atoms with Gasteiger partial charge in [-0.05, 0) is 48.8 Å². The third kappa shape index (κ3) is 4.71. The number of hydrogen-bond donors (Lipinski definition) is 0. The van der Waals surface area contributed by atoms with Gasteiger partial charge in [0.15, 0.2) is 23.3 Å². The molecular formula is C31H34F4N2. The Balaban J connectivity index is 1.81. The van der Waals surface area contributed by atoms with E-state index >= 15 is 17.6 Å². The predicted molar refractivity (Wildman–Crippen MR) is 142 cm³/mol. The van der Waals surface area contributed by atoms with Gasteiger partial charge in [0, 0.05) is 39.7 Å². The van der Waals surface area contributed by atoms with E-state index in [1.807, 2.05) is 44.2 Å². The van der Waals surface area contributed by atoms with E-state index in [-0.39, 0.29) is 12.8 Å². The minimum atomic E-state index is -1.29. The molecule has 4 rings (SSSR count). The fourth-order valence-electron chi connectivity index (χ4n) is 5.89. The summed E-state index contributed by atoms with van der Waals surface area (Å²) in [5.74, 6) is -5.12. The molecule has 4 aromatic rings. The number of halogens is 4. The van der Waals surface area contributed by atoms with Crippen molar-refractivity contribution in [3.63, 3.8) is 0 Å². The normalized spacial score (nSPS) is 13.9. The number of hydrogen-bond acceptors (Lipinski definition) is 2. The van der Waals surface area contributed by atoms with Crippen LogP contribution in [0, 0.1) is 23.3 Å². The van der Waals surface area contributed by atoms with Gasteiger partial charge in [-0.15, -0.1) is 0 Å². The number of benzene rings is 2. The van der Waals surface area contributed by atoms with Gasteiger partial charge in [0.1, 0.15) is 0 Å². The molecule has 0 amide bonds. The topological polar surface area (TPSA) is 25.8 Å². The van der Waals surface area contributed by atoms with Crippen molar-refractivity contribution in [1.82, 2.24) is 9.97 Å². The summed E-state index contributed by atoms with van der Waals surface area (Å²) >= 11 is 0. The quantitative estimate of drug-likeness (QED) is 0.127. The molecule has 0 saturated carbocycles. The molecule has 0 spiro atoms. The zero-order valence-electron chi connectivity index (χ0n) is 22.2. The number of pyridine rings is 2. The monoisotopic (exact) mass is 510 g/mol. The fraction of sp³-hybridized carbons (Fsp3) is 0.419. The minimum absolute atomic E-state index is 0.167. The number of nitrogens with zero attached hydrogens (tertiary/aromatic N) is 2. The maximum atomic E-state index is 15.7. The predicted octanol–water partition coefficient (Wildman–Crippen LogP) is 9.11. The Morgan fingerprint density at radius 1 is 0.703 bits per heavy atom. The van der Waals surface area contributed by atoms with Crippen LogP contribution in [0.3, 0.4) is 0 Å². The lowest BCUT2D eigenvalue weighted by atomic mass is 9.71. The molecule has 1 unspecified atom stereocenters. The molecule has 0 N–H and O–H groups in total. The van der Waals surface area contributed by atoms with Crippen molar-refractivity contribution in [2.45, 2.75) is 84.0 Å². The SMILES string of the molecule is CCCC(C)(CCC)c1c(F)c(F)c(C(C)(CC)Cc2cnc3c(ccc4cccnc43)c2)c(F)c1F. The van der Waals surface area contributed by atoms with Crippen LogP contribution < -0.4 is 0 Å². The lowest BCUT2D eigenvalue weighted by Crippen LogP contribution is -2.32. The molecule has 2 aromatic carbocycles. The van der Waals surface area contributed by atoms with E-state index in [4.69, 9.17) is 0 Å². The fourth-order valence-corrected chi connectivity index (χ4v) is 5.89. The summed E-state index contributed by atoms with van der Waals surface area (Å²) in [6.07, 6.45) is 5.96. The maximum Gasteiger partial charge on any atom is 0.166 e. The molecule has 0 saturated heterocycles. The van der Waals surface area contributed by atoms with Gasteiger partial charge >= 0.3 is 0 Å². The van der Waals surface area contributed by atoms with Gasteiger partial charge in [-0.3, -0.25) is 9.97 Å². The summed E-state index contributed by atoms with van der Waals surface area (Å²) in [5, 5.41) is 1.80. The molecule has 0 aliphatic carbocycles. The van der Waals surface area contributed by atoms with Crippen LogP contribution in [0.25, 0.3) is 21.8 Å². The first kappa shape index (κ1) is 27.0. The molecule has 2 nitrogen and oxygen atoms in total. The summed E-state index contributed by atoms with van der Waals surface area (Å²) in [5.41, 5.74) is -0.972. The standard InChI is InChI=1S/C31H34F4N2/c1-6-13-31(5,14-7-2)23-26(34)24(32)22(25(33)27(23)35)30(4,8-3)17-19-16-21-12-11-20-10-9-15-36-28(20)29(21)37-18-19/h9-12,15-16,18H,6-8,13-14,17H2,1-5H3. The summed E-state index contributed by atoms with van der Waals surface area (Å²) < 4.78 is 62.7. The molecule has 2 heterocycles. The third-order valence-corrected chi connectivity index (χ3v) is 7.93. The van der Waals surface area contributed by atoms with Crippen molar-refractivity contribution in [3.05, 3.63) is 82.7 Å². The van der Waals surface area contributed by atoms with Crippen LogP contribution in [0.4, 0.5) is 17.6 Å². The molecule has 0 aliphatic heterocycles. The second kappa shape index (κ2) is 10.4. The Labute approximate surface area is 216 Å². The van der Waals surface area contributed by atoms with E-state index < -0.39 is 45.2 Å². The first-order valence-electron chi connectivity index (χ1n) is 13.1. The maximum absolute atomic E-state index is 15.7. The van der Waals surface area contributed by atoms with Crippen molar-refractivity contribution in [3.8, 4) is 0 Å². The molecular weight excluding hydrogens is 476 g/mol. The molecule has 2 aromatic heterocycles. The van der Waals surface area contributed by atoms with Gasteiger partial charge in [0.2, 0.25) is 0 Å². The molecule has 0 radical (unpaired) electrons. The Bertz CT molecular complexity index is 1410. The van der Waals surface area contributed by atoms with Crippen molar-refractivity contribution >= 4 is 21.8 Å². The molecule has 1 atom stereocenters. The van der Waals surface area contributed by atoms with Gasteiger partial charge in [-0.1, -0.05) is 65.7 Å². The molecule has 196 valence electrons. The van der Waals surface area contributed by atoms with Crippen molar-refractivity contribution in [2.24, 2.45) is 0 Å². The van der Waals surface area contributed by atoms with Crippen LogP contribution in [0.2, 0.25) is 0 Å². The van der Waals surface area contributed by atoms with Gasteiger partial charge in [0.25, 0.3) is 0 Å². The van der Waals surface area contributed by atoms with E-state index in [0.29, 0.717) is 25.7 Å². The van der Waals surface area contributed by atoms with Gasteiger partial charge in [0.05, 0.1) is 11.0 Å². The van der Waals surface area contributed by atoms with E-state index in [1.54, 1.807) is 33.2 Å². The first-order chi connectivity index (χ1) is 17.6. The van der Waals surface area contributed by atoms with E-state index in [9.17, 15) is 0 Å². The van der Waals surface area contributed by atoms with Crippen molar-refractivity contribution < 1.29 is 17.6 Å². The summed E-state index contributed by atoms with van der Waals surface area (Å²) in [4.78, 5) is 9.02. The number of aromatic nitrogens is 2. The second-order valence-electron chi connectivity index (χ2n) is 10.7. The zero-order valence-corrected chi connectivity index (χ0v) is 22.2. The third-order valence-electron chi connectivity index (χ3n) is 7.93. The highest BCUT2D eigenvalue weighted by Gasteiger charge is 2.41. The smallest absolute Gasteiger partial charge is 0.166 e. The lowest BCUT2D eigenvalue weighted by Gasteiger charge is -2.34. The van der Waals surface area contributed by atoms with Gasteiger partial charge in [-0.25, -0.2) is 17.6 Å². The molecule has 6 heteroatoms. The molecule has 0 fully saturated rings. The van der Waals surface area contributed by atoms with Crippen LogP contribution in [0.15, 0.2) is 42.7 Å². The zero-order chi connectivity index (χ0) is 27.0. The highest BCUT2D eigenvalue weighted by Crippen LogP contribution is 2.43.